The van der Waals surface area contributed by atoms with Gasteiger partial charge >= 0.3 is 0 Å². The van der Waals surface area contributed by atoms with E-state index < -0.39 is 0 Å². The van der Waals surface area contributed by atoms with Gasteiger partial charge in [-0.05, 0) is 18.2 Å². The largest absolute Gasteiger partial charge is 0.264 e. The minimum absolute atomic E-state index is 1.04. The Kier molecular flexibility index (Phi) is 2.15. The van der Waals surface area contributed by atoms with Crippen molar-refractivity contribution >= 4 is 24.0 Å². The lowest BCUT2D eigenvalue weighted by atomic mass is 10.2. The smallest absolute Gasteiger partial charge is 0.0574 e. The second-order valence-corrected chi connectivity index (χ2v) is 4.25. The molecule has 0 unspecified atom stereocenters. The van der Waals surface area contributed by atoms with Crippen molar-refractivity contribution in [3.8, 4) is 10.4 Å². The summed E-state index contributed by atoms with van der Waals surface area (Å²) in [6.45, 7) is 0. The maximum atomic E-state index is 4.25. The lowest BCUT2D eigenvalue weighted by molar-refractivity contribution is 1.33. The van der Waals surface area contributed by atoms with Crippen molar-refractivity contribution in [2.45, 2.75) is 4.21 Å². The summed E-state index contributed by atoms with van der Waals surface area (Å²) < 4.78 is 1.04. The van der Waals surface area contributed by atoms with E-state index in [-0.39, 0.29) is 0 Å². The molecular weight excluding hydrogens is 186 g/mol. The molecule has 2 aromatic heterocycles. The SMILES string of the molecule is Sc1ccc(-c2cccnc2)s1. The zero-order valence-corrected chi connectivity index (χ0v) is 7.98. The quantitative estimate of drug-likeness (QED) is 0.687. The first kappa shape index (κ1) is 7.83. The number of pyridine rings is 1. The average molecular weight is 193 g/mol. The van der Waals surface area contributed by atoms with Crippen LogP contribution in [0.2, 0.25) is 0 Å². The van der Waals surface area contributed by atoms with Crippen molar-refractivity contribution in [1.82, 2.24) is 4.98 Å². The van der Waals surface area contributed by atoms with Gasteiger partial charge in [-0.15, -0.1) is 24.0 Å². The Morgan fingerprint density at radius 2 is 2.17 bits per heavy atom. The van der Waals surface area contributed by atoms with Crippen molar-refractivity contribution in [3.05, 3.63) is 36.7 Å². The third-order valence-electron chi connectivity index (χ3n) is 1.54. The van der Waals surface area contributed by atoms with Gasteiger partial charge in [0.1, 0.15) is 0 Å². The van der Waals surface area contributed by atoms with E-state index in [4.69, 9.17) is 0 Å². The number of nitrogens with zero attached hydrogens (tertiary/aromatic N) is 1. The molecule has 0 amide bonds. The Balaban J connectivity index is 2.45. The summed E-state index contributed by atoms with van der Waals surface area (Å²) in [6.07, 6.45) is 3.64. The van der Waals surface area contributed by atoms with Crippen LogP contribution in [0.25, 0.3) is 10.4 Å². The maximum absolute atomic E-state index is 4.25. The summed E-state index contributed by atoms with van der Waals surface area (Å²) in [5.41, 5.74) is 1.16. The molecule has 60 valence electrons. The van der Waals surface area contributed by atoms with Gasteiger partial charge in [0, 0.05) is 22.8 Å². The van der Waals surface area contributed by atoms with Crippen LogP contribution in [0.15, 0.2) is 40.9 Å². The molecular formula is C9H7NS2. The van der Waals surface area contributed by atoms with Gasteiger partial charge in [-0.2, -0.15) is 0 Å². The monoisotopic (exact) mass is 193 g/mol. The van der Waals surface area contributed by atoms with Crippen LogP contribution in [0.4, 0.5) is 0 Å². The highest BCUT2D eigenvalue weighted by molar-refractivity contribution is 7.83. The van der Waals surface area contributed by atoms with Gasteiger partial charge in [-0.3, -0.25) is 4.98 Å². The van der Waals surface area contributed by atoms with E-state index in [1.807, 2.05) is 24.4 Å². The van der Waals surface area contributed by atoms with Crippen LogP contribution < -0.4 is 0 Å². The normalized spacial score (nSPS) is 10.1. The minimum atomic E-state index is 1.04. The van der Waals surface area contributed by atoms with Crippen LogP contribution in [0.3, 0.4) is 0 Å². The molecule has 0 aliphatic heterocycles. The van der Waals surface area contributed by atoms with E-state index in [0.29, 0.717) is 0 Å². The van der Waals surface area contributed by atoms with Crippen molar-refractivity contribution in [3.63, 3.8) is 0 Å². The summed E-state index contributed by atoms with van der Waals surface area (Å²) in [4.78, 5) is 5.27. The first-order valence-electron chi connectivity index (χ1n) is 3.55. The van der Waals surface area contributed by atoms with Gasteiger partial charge in [0.25, 0.3) is 0 Å². The molecule has 0 fully saturated rings. The van der Waals surface area contributed by atoms with E-state index in [9.17, 15) is 0 Å². The fraction of sp³-hybridized carbons (Fsp3) is 0. The minimum Gasteiger partial charge on any atom is -0.264 e. The zero-order chi connectivity index (χ0) is 8.39. The second kappa shape index (κ2) is 3.29. The Hall–Kier alpha value is -0.800. The van der Waals surface area contributed by atoms with E-state index in [1.165, 1.54) is 4.88 Å². The number of thiophene rings is 1. The summed E-state index contributed by atoms with van der Waals surface area (Å²) in [5, 5.41) is 0. The molecule has 0 saturated carbocycles. The number of rotatable bonds is 1. The molecule has 2 heterocycles. The van der Waals surface area contributed by atoms with Crippen molar-refractivity contribution < 1.29 is 0 Å². The second-order valence-electron chi connectivity index (χ2n) is 2.38. The van der Waals surface area contributed by atoms with Crippen LogP contribution in [0.5, 0.6) is 0 Å². The molecule has 0 bridgehead atoms. The molecule has 1 nitrogen and oxygen atoms in total. The van der Waals surface area contributed by atoms with Gasteiger partial charge in [0.15, 0.2) is 0 Å². The average Bonchev–Trinajstić information content (AvgIpc) is 2.54. The van der Waals surface area contributed by atoms with Crippen molar-refractivity contribution in [1.29, 1.82) is 0 Å². The molecule has 0 aliphatic rings. The lowest BCUT2D eigenvalue weighted by Crippen LogP contribution is -1.72. The number of hydrogen-bond donors (Lipinski definition) is 1. The van der Waals surface area contributed by atoms with Crippen LogP contribution in [-0.4, -0.2) is 4.98 Å². The Bertz CT molecular complexity index is 367. The van der Waals surface area contributed by atoms with Crippen LogP contribution in [0.1, 0.15) is 0 Å². The molecule has 0 aromatic carbocycles. The van der Waals surface area contributed by atoms with Gasteiger partial charge in [-0.25, -0.2) is 0 Å². The number of aromatic nitrogens is 1. The van der Waals surface area contributed by atoms with Crippen molar-refractivity contribution in [2.24, 2.45) is 0 Å². The first-order valence-corrected chi connectivity index (χ1v) is 4.82. The van der Waals surface area contributed by atoms with E-state index in [0.717, 1.165) is 9.77 Å². The Morgan fingerprint density at radius 3 is 2.75 bits per heavy atom. The zero-order valence-electron chi connectivity index (χ0n) is 6.27. The van der Waals surface area contributed by atoms with E-state index in [1.54, 1.807) is 17.5 Å². The number of hydrogen-bond acceptors (Lipinski definition) is 3. The summed E-state index contributed by atoms with van der Waals surface area (Å²) >= 11 is 5.92. The highest BCUT2D eigenvalue weighted by atomic mass is 32.2. The predicted octanol–water partition coefficient (Wildman–Crippen LogP) is 3.10. The molecule has 0 radical (unpaired) electrons. The summed E-state index contributed by atoms with van der Waals surface area (Å²) in [5.74, 6) is 0. The fourth-order valence-corrected chi connectivity index (χ4v) is 2.10. The molecule has 0 saturated heterocycles. The molecule has 2 rings (SSSR count). The summed E-state index contributed by atoms with van der Waals surface area (Å²) in [7, 11) is 0. The predicted molar refractivity (Wildman–Crippen MR) is 54.8 cm³/mol. The molecule has 0 spiro atoms. The van der Waals surface area contributed by atoms with Gasteiger partial charge in [0.2, 0.25) is 0 Å². The van der Waals surface area contributed by atoms with Crippen molar-refractivity contribution in [2.75, 3.05) is 0 Å². The lowest BCUT2D eigenvalue weighted by Gasteiger charge is -1.92. The van der Waals surface area contributed by atoms with Crippen LogP contribution >= 0.6 is 24.0 Å². The molecule has 2 aromatic rings. The van der Waals surface area contributed by atoms with Gasteiger partial charge in [-0.1, -0.05) is 6.07 Å². The first-order chi connectivity index (χ1) is 5.86. The fourth-order valence-electron chi connectivity index (χ4n) is 0.991. The molecule has 3 heteroatoms. The molecule has 0 atom stereocenters. The topological polar surface area (TPSA) is 12.9 Å². The van der Waals surface area contributed by atoms with Crippen LogP contribution in [-0.2, 0) is 0 Å². The Morgan fingerprint density at radius 1 is 1.25 bits per heavy atom. The van der Waals surface area contributed by atoms with E-state index in [2.05, 4.69) is 23.7 Å². The third-order valence-corrected chi connectivity index (χ3v) is 2.90. The maximum Gasteiger partial charge on any atom is 0.0574 e. The van der Waals surface area contributed by atoms with Gasteiger partial charge in [0.05, 0.1) is 4.21 Å². The third kappa shape index (κ3) is 1.52. The van der Waals surface area contributed by atoms with Crippen LogP contribution in [0, 0.1) is 0 Å². The highest BCUT2D eigenvalue weighted by Crippen LogP contribution is 2.28. The van der Waals surface area contributed by atoms with Gasteiger partial charge < -0.3 is 0 Å². The highest BCUT2D eigenvalue weighted by Gasteiger charge is 1.98. The standard InChI is InChI=1S/C9H7NS2/c11-9-4-3-8(12-9)7-2-1-5-10-6-7/h1-6,11H. The summed E-state index contributed by atoms with van der Waals surface area (Å²) in [6, 6.07) is 8.04. The Labute approximate surface area is 80.5 Å². The number of thiol groups is 1. The van der Waals surface area contributed by atoms with E-state index >= 15 is 0 Å². The molecule has 12 heavy (non-hydrogen) atoms. The molecule has 0 aliphatic carbocycles. The molecule has 0 N–H and O–H groups in total.